The van der Waals surface area contributed by atoms with Gasteiger partial charge in [0.15, 0.2) is 0 Å². The van der Waals surface area contributed by atoms with Gasteiger partial charge in [0.2, 0.25) is 21.8 Å². The number of carbonyl (C=O) groups is 2. The number of ether oxygens (including phenoxy) is 1. The van der Waals surface area contributed by atoms with Crippen LogP contribution in [0, 0.1) is 5.82 Å². The van der Waals surface area contributed by atoms with E-state index in [9.17, 15) is 22.4 Å². The molecule has 0 bridgehead atoms. The number of sulfonamides is 1. The van der Waals surface area contributed by atoms with E-state index in [1.807, 2.05) is 0 Å². The molecule has 0 saturated carbocycles. The molecule has 3 rings (SSSR count). The maximum Gasteiger partial charge on any atom is 0.246 e. The minimum Gasteiger partial charge on any atom is -0.492 e. The van der Waals surface area contributed by atoms with Crippen molar-refractivity contribution in [3.8, 4) is 5.75 Å². The molecular weight excluding hydrogens is 573 g/mol. The van der Waals surface area contributed by atoms with Gasteiger partial charge in [-0.15, -0.1) is 0 Å². The van der Waals surface area contributed by atoms with E-state index in [1.54, 1.807) is 25.2 Å². The predicted octanol–water partition coefficient (Wildman–Crippen LogP) is 4.40. The molecule has 1 fully saturated rings. The molecule has 12 heteroatoms. The Morgan fingerprint density at radius 3 is 2.12 bits per heavy atom. The summed E-state index contributed by atoms with van der Waals surface area (Å²) in [5, 5.41) is 5.35. The van der Waals surface area contributed by atoms with Crippen LogP contribution in [0.1, 0.15) is 51.4 Å². The summed E-state index contributed by atoms with van der Waals surface area (Å²) in [7, 11) is 1.87. The molecule has 0 unspecified atom stereocenters. The molecule has 1 aliphatic rings. The van der Waals surface area contributed by atoms with Crippen LogP contribution in [0.25, 0.3) is 0 Å². The van der Waals surface area contributed by atoms with E-state index < -0.39 is 27.7 Å². The van der Waals surface area contributed by atoms with Gasteiger partial charge in [0.1, 0.15) is 16.5 Å². The maximum atomic E-state index is 13.8. The molecule has 2 aromatic rings. The fourth-order valence-electron chi connectivity index (χ4n) is 4.91. The highest BCUT2D eigenvalue weighted by atomic mass is 32.2. The Bertz CT molecular complexity index is 1300. The van der Waals surface area contributed by atoms with Crippen LogP contribution >= 0.6 is 0 Å². The fourth-order valence-corrected chi connectivity index (χ4v) is 6.58. The summed E-state index contributed by atoms with van der Waals surface area (Å²) in [4.78, 5) is 28.9. The molecule has 43 heavy (non-hydrogen) atoms. The summed E-state index contributed by atoms with van der Waals surface area (Å²) >= 11 is 0. The second-order valence-electron chi connectivity index (χ2n) is 11.3. The number of likely N-dealkylation sites (N-methyl/N-ethyl adjacent to an activating group) is 1. The first-order valence-corrected chi connectivity index (χ1v) is 16.4. The number of benzene rings is 2. The second kappa shape index (κ2) is 17.3. The van der Waals surface area contributed by atoms with Gasteiger partial charge in [0, 0.05) is 24.5 Å². The molecule has 2 N–H and O–H groups in total. The van der Waals surface area contributed by atoms with Crippen molar-refractivity contribution in [2.24, 2.45) is 0 Å². The molecule has 10 nitrogen and oxygen atoms in total. The zero-order valence-corrected chi connectivity index (χ0v) is 26.4. The predicted molar refractivity (Wildman–Crippen MR) is 167 cm³/mol. The van der Waals surface area contributed by atoms with Crippen LogP contribution in [0.3, 0.4) is 0 Å². The lowest BCUT2D eigenvalue weighted by atomic mass is 10.2. The molecule has 238 valence electrons. The lowest BCUT2D eigenvalue weighted by Crippen LogP contribution is -2.36. The van der Waals surface area contributed by atoms with E-state index in [0.29, 0.717) is 31.1 Å². The van der Waals surface area contributed by atoms with Crippen molar-refractivity contribution in [1.82, 2.24) is 14.1 Å². The van der Waals surface area contributed by atoms with Crippen molar-refractivity contribution >= 4 is 33.2 Å². The first-order valence-electron chi connectivity index (χ1n) is 15.0. The number of carbonyl (C=O) groups excluding carboxylic acids is 2. The van der Waals surface area contributed by atoms with Crippen LogP contribution in [0.5, 0.6) is 5.75 Å². The third-order valence-electron chi connectivity index (χ3n) is 7.10. The molecule has 0 atom stereocenters. The van der Waals surface area contributed by atoms with Crippen LogP contribution in [0.4, 0.5) is 15.8 Å². The Kier molecular flexibility index (Phi) is 13.8. The van der Waals surface area contributed by atoms with Gasteiger partial charge in [-0.1, -0.05) is 31.7 Å². The highest BCUT2D eigenvalue weighted by Crippen LogP contribution is 2.31. The van der Waals surface area contributed by atoms with Gasteiger partial charge in [-0.3, -0.25) is 14.5 Å². The Hall–Kier alpha value is -3.06. The van der Waals surface area contributed by atoms with E-state index in [1.165, 1.54) is 33.5 Å². The Balaban J connectivity index is 1.64. The van der Waals surface area contributed by atoms with Gasteiger partial charge in [-0.25, -0.2) is 12.8 Å². The monoisotopic (exact) mass is 619 g/mol. The number of hydrogen-bond donors (Lipinski definition) is 2. The van der Waals surface area contributed by atoms with E-state index in [4.69, 9.17) is 4.74 Å². The summed E-state index contributed by atoms with van der Waals surface area (Å²) in [6, 6.07) is 10.2. The number of halogens is 1. The van der Waals surface area contributed by atoms with E-state index in [0.717, 1.165) is 57.9 Å². The summed E-state index contributed by atoms with van der Waals surface area (Å²) < 4.78 is 48.4. The molecule has 2 aromatic carbocycles. The number of amides is 2. The van der Waals surface area contributed by atoms with Crippen LogP contribution in [0.2, 0.25) is 0 Å². The Morgan fingerprint density at radius 2 is 1.49 bits per heavy atom. The van der Waals surface area contributed by atoms with Crippen LogP contribution in [-0.2, 0) is 19.6 Å². The van der Waals surface area contributed by atoms with E-state index >= 15 is 0 Å². The highest BCUT2D eigenvalue weighted by molar-refractivity contribution is 7.89. The summed E-state index contributed by atoms with van der Waals surface area (Å²) in [6.45, 7) is 2.12. The van der Waals surface area contributed by atoms with Crippen molar-refractivity contribution in [3.05, 3.63) is 48.3 Å². The average molecular weight is 620 g/mol. The molecule has 0 aromatic heterocycles. The van der Waals surface area contributed by atoms with Gasteiger partial charge in [0.25, 0.3) is 0 Å². The number of anilines is 2. The minimum atomic E-state index is -3.85. The van der Waals surface area contributed by atoms with Crippen molar-refractivity contribution in [1.29, 1.82) is 0 Å². The van der Waals surface area contributed by atoms with Gasteiger partial charge in [-0.2, -0.15) is 4.31 Å². The molecule has 0 spiro atoms. The highest BCUT2D eigenvalue weighted by Gasteiger charge is 2.29. The van der Waals surface area contributed by atoms with Crippen molar-refractivity contribution in [2.45, 2.75) is 56.3 Å². The Labute approximate surface area is 255 Å². The minimum absolute atomic E-state index is 0.0441. The lowest BCUT2D eigenvalue weighted by molar-refractivity contribution is -0.119. The number of nitrogens with one attached hydrogen (secondary N) is 2. The van der Waals surface area contributed by atoms with Gasteiger partial charge >= 0.3 is 0 Å². The van der Waals surface area contributed by atoms with E-state index in [-0.39, 0.29) is 23.7 Å². The smallest absolute Gasteiger partial charge is 0.246 e. The number of rotatable bonds is 16. The normalized spacial score (nSPS) is 14.5. The molecular formula is C31H46FN5O5S. The first-order chi connectivity index (χ1) is 20.5. The zero-order valence-electron chi connectivity index (χ0n) is 25.6. The third kappa shape index (κ3) is 11.9. The first kappa shape index (κ1) is 34.4. The lowest BCUT2D eigenvalue weighted by Gasteiger charge is -2.22. The van der Waals surface area contributed by atoms with Crippen LogP contribution in [-0.4, -0.2) is 94.8 Å². The van der Waals surface area contributed by atoms with Gasteiger partial charge in [0.05, 0.1) is 19.7 Å². The largest absolute Gasteiger partial charge is 0.492 e. The summed E-state index contributed by atoms with van der Waals surface area (Å²) in [5.41, 5.74) is 0.652. The zero-order chi connectivity index (χ0) is 31.2. The van der Waals surface area contributed by atoms with Gasteiger partial charge < -0.3 is 20.3 Å². The topological polar surface area (TPSA) is 111 Å². The maximum absolute atomic E-state index is 13.8. The Morgan fingerprint density at radius 1 is 0.860 bits per heavy atom. The standard InChI is InChI=1S/C31H46FN5O5S/c1-35(2)17-8-6-7-11-20-42-28-16-15-27(22-29(28)43(40,41)37-18-9-4-5-10-19-37)34-31(39)24-36(3)23-30(38)33-26-14-12-13-25(32)21-26/h12-16,21-22H,4-11,17-20,23-24H2,1-3H3,(H,33,38)(H,34,39). The molecule has 0 aliphatic carbocycles. The fraction of sp³-hybridized carbons (Fsp3) is 0.548. The van der Waals surface area contributed by atoms with E-state index in [2.05, 4.69) is 29.6 Å². The quantitative estimate of drug-likeness (QED) is 0.268. The molecule has 1 aliphatic heterocycles. The van der Waals surface area contributed by atoms with Crippen molar-refractivity contribution < 1.29 is 27.1 Å². The number of nitrogens with zero attached hydrogens (tertiary/aromatic N) is 3. The average Bonchev–Trinajstić information content (AvgIpc) is 3.23. The molecule has 2 amide bonds. The van der Waals surface area contributed by atoms with Crippen molar-refractivity contribution in [3.63, 3.8) is 0 Å². The van der Waals surface area contributed by atoms with Crippen LogP contribution < -0.4 is 15.4 Å². The van der Waals surface area contributed by atoms with Crippen molar-refractivity contribution in [2.75, 3.05) is 71.1 Å². The third-order valence-corrected chi connectivity index (χ3v) is 9.02. The summed E-state index contributed by atoms with van der Waals surface area (Å²) in [6.07, 6.45) is 7.57. The number of unbranched alkanes of at least 4 members (excludes halogenated alkanes) is 3. The molecule has 1 saturated heterocycles. The number of hydrogen-bond acceptors (Lipinski definition) is 7. The second-order valence-corrected chi connectivity index (χ2v) is 13.2. The van der Waals surface area contributed by atoms with Crippen LogP contribution in [0.15, 0.2) is 47.4 Å². The SMILES string of the molecule is CN(C)CCCCCCOc1ccc(NC(=O)CN(C)CC(=O)Nc2cccc(F)c2)cc1S(=O)(=O)N1CCCCCC1. The molecule has 1 heterocycles. The molecule has 0 radical (unpaired) electrons. The van der Waals surface area contributed by atoms with Gasteiger partial charge in [-0.05, 0) is 89.8 Å². The summed E-state index contributed by atoms with van der Waals surface area (Å²) in [5.74, 6) is -0.993.